The molecule has 1 aromatic carbocycles. The summed E-state index contributed by atoms with van der Waals surface area (Å²) in [5.41, 5.74) is -0.130. The minimum atomic E-state index is -0.852. The van der Waals surface area contributed by atoms with Gasteiger partial charge in [0.2, 0.25) is 0 Å². The van der Waals surface area contributed by atoms with Crippen LogP contribution >= 0.6 is 0 Å². The summed E-state index contributed by atoms with van der Waals surface area (Å²) < 4.78 is 16.0. The van der Waals surface area contributed by atoms with Gasteiger partial charge in [0, 0.05) is 0 Å². The van der Waals surface area contributed by atoms with Gasteiger partial charge >= 0.3 is 11.9 Å². The lowest BCUT2D eigenvalue weighted by atomic mass is 9.71. The third-order valence-electron chi connectivity index (χ3n) is 5.43. The molecule has 0 aliphatic heterocycles. The van der Waals surface area contributed by atoms with Crippen LogP contribution < -0.4 is 4.74 Å². The number of aromatic nitrogens is 1. The van der Waals surface area contributed by atoms with Crippen molar-refractivity contribution in [3.05, 3.63) is 48.3 Å². The second-order valence-electron chi connectivity index (χ2n) is 9.05. The first-order valence-electron chi connectivity index (χ1n) is 11.4. The van der Waals surface area contributed by atoms with Crippen LogP contribution in [0.25, 0.3) is 0 Å². The summed E-state index contributed by atoms with van der Waals surface area (Å²) in [6.45, 7) is 7.63. The zero-order chi connectivity index (χ0) is 25.9. The minimum Gasteiger partial charge on any atom is -0.490 e. The van der Waals surface area contributed by atoms with Crippen LogP contribution in [0.15, 0.2) is 52.8 Å². The van der Waals surface area contributed by atoms with Crippen LogP contribution in [0.3, 0.4) is 0 Å². The molecule has 2 rings (SSSR count). The number of nitrogens with zero attached hydrogens (tertiary/aromatic N) is 4. The van der Waals surface area contributed by atoms with Crippen LogP contribution in [0.5, 0.6) is 5.75 Å². The van der Waals surface area contributed by atoms with Crippen molar-refractivity contribution in [1.29, 1.82) is 5.26 Å². The molecule has 186 valence electrons. The van der Waals surface area contributed by atoms with Gasteiger partial charge in [-0.3, -0.25) is 9.59 Å². The molecule has 1 aromatic heterocycles. The minimum absolute atomic E-state index is 0.0815. The zero-order valence-electron chi connectivity index (χ0n) is 20.9. The highest BCUT2D eigenvalue weighted by molar-refractivity contribution is 5.80. The summed E-state index contributed by atoms with van der Waals surface area (Å²) >= 11 is 0. The zero-order valence-corrected chi connectivity index (χ0v) is 20.9. The SMILES string of the molecule is CCCC(C)(CC(C)(C)C(=O)OCCOc1ccc(N=Nc2ccc(C#N)nc2)cc1)C(=O)OC. The average molecular weight is 481 g/mol. The van der Waals surface area contributed by atoms with Crippen LogP contribution in [-0.2, 0) is 19.1 Å². The van der Waals surface area contributed by atoms with Crippen LogP contribution in [0.1, 0.15) is 52.7 Å². The van der Waals surface area contributed by atoms with Crippen molar-refractivity contribution in [2.75, 3.05) is 20.3 Å². The van der Waals surface area contributed by atoms with Gasteiger partial charge in [-0.05, 0) is 70.0 Å². The molecule has 0 aliphatic carbocycles. The lowest BCUT2D eigenvalue weighted by Gasteiger charge is -2.33. The molecule has 0 N–H and O–H groups in total. The largest absolute Gasteiger partial charge is 0.490 e. The summed E-state index contributed by atoms with van der Waals surface area (Å²) in [5, 5.41) is 17.0. The van der Waals surface area contributed by atoms with Crippen molar-refractivity contribution < 1.29 is 23.8 Å². The topological polar surface area (TPSA) is 123 Å². The molecule has 0 radical (unpaired) electrons. The maximum atomic E-state index is 12.7. The summed E-state index contributed by atoms with van der Waals surface area (Å²) in [6, 6.07) is 12.1. The lowest BCUT2D eigenvalue weighted by Crippen LogP contribution is -2.39. The highest BCUT2D eigenvalue weighted by atomic mass is 16.6. The Morgan fingerprint density at radius 1 is 1.00 bits per heavy atom. The van der Waals surface area contributed by atoms with Gasteiger partial charge in [0.05, 0.1) is 29.8 Å². The fraction of sp³-hybridized carbons (Fsp3) is 0.462. The molecule has 0 saturated carbocycles. The standard InChI is InChI=1S/C26H32N4O5/c1-6-13-26(4,24(32)33-5)18-25(2,3)23(31)35-15-14-34-22-11-9-19(10-12-22)29-30-21-8-7-20(16-27)28-17-21/h7-12,17H,6,13-15,18H2,1-5H3. The summed E-state index contributed by atoms with van der Waals surface area (Å²) in [6.07, 6.45) is 3.23. The summed E-state index contributed by atoms with van der Waals surface area (Å²) in [4.78, 5) is 28.9. The molecule has 1 atom stereocenters. The predicted octanol–water partition coefficient (Wildman–Crippen LogP) is 5.69. The fourth-order valence-corrected chi connectivity index (χ4v) is 3.83. The van der Waals surface area contributed by atoms with Crippen LogP contribution in [0.2, 0.25) is 0 Å². The molecular formula is C26H32N4O5. The normalized spacial score (nSPS) is 13.0. The number of carbonyl (C=O) groups is 2. The van der Waals surface area contributed by atoms with Crippen molar-refractivity contribution in [2.45, 2.75) is 47.0 Å². The molecule has 0 saturated heterocycles. The third-order valence-corrected chi connectivity index (χ3v) is 5.43. The second-order valence-corrected chi connectivity index (χ2v) is 9.05. The average Bonchev–Trinajstić information content (AvgIpc) is 2.85. The Morgan fingerprint density at radius 2 is 1.66 bits per heavy atom. The Bertz CT molecular complexity index is 1060. The number of hydrogen-bond donors (Lipinski definition) is 0. The molecule has 0 amide bonds. The Kier molecular flexibility index (Phi) is 9.88. The van der Waals surface area contributed by atoms with Gasteiger partial charge in [0.15, 0.2) is 0 Å². The number of esters is 2. The van der Waals surface area contributed by atoms with Crippen LogP contribution in [0.4, 0.5) is 11.4 Å². The Hall–Kier alpha value is -3.80. The monoisotopic (exact) mass is 480 g/mol. The number of pyridine rings is 1. The molecule has 2 aromatic rings. The fourth-order valence-electron chi connectivity index (χ4n) is 3.83. The van der Waals surface area contributed by atoms with Crippen molar-refractivity contribution in [2.24, 2.45) is 21.1 Å². The van der Waals surface area contributed by atoms with Crippen LogP contribution in [-0.4, -0.2) is 37.2 Å². The third kappa shape index (κ3) is 8.18. The van der Waals surface area contributed by atoms with Crippen molar-refractivity contribution >= 4 is 23.3 Å². The second kappa shape index (κ2) is 12.6. The highest BCUT2D eigenvalue weighted by Gasteiger charge is 2.43. The summed E-state index contributed by atoms with van der Waals surface area (Å²) in [7, 11) is 1.36. The van der Waals surface area contributed by atoms with Crippen LogP contribution in [0, 0.1) is 22.2 Å². The van der Waals surface area contributed by atoms with Crippen molar-refractivity contribution in [3.63, 3.8) is 0 Å². The van der Waals surface area contributed by atoms with E-state index < -0.39 is 10.8 Å². The Morgan fingerprint density at radius 3 is 2.23 bits per heavy atom. The molecule has 1 heterocycles. The maximum absolute atomic E-state index is 12.7. The number of rotatable bonds is 12. The van der Waals surface area contributed by atoms with Gasteiger partial charge in [0.1, 0.15) is 36.4 Å². The number of methoxy groups -OCH3 is 1. The van der Waals surface area contributed by atoms with E-state index in [1.54, 1.807) is 50.2 Å². The number of azo groups is 1. The van der Waals surface area contributed by atoms with Gasteiger partial charge in [0.25, 0.3) is 0 Å². The summed E-state index contributed by atoms with van der Waals surface area (Å²) in [5.74, 6) is -0.110. The smallest absolute Gasteiger partial charge is 0.311 e. The van der Waals surface area contributed by atoms with Crippen molar-refractivity contribution in [1.82, 2.24) is 4.98 Å². The van der Waals surface area contributed by atoms with E-state index >= 15 is 0 Å². The van der Waals surface area contributed by atoms with E-state index in [-0.39, 0.29) is 25.2 Å². The first kappa shape index (κ1) is 27.4. The molecule has 0 fully saturated rings. The maximum Gasteiger partial charge on any atom is 0.311 e. The quantitative estimate of drug-likeness (QED) is 0.217. The highest BCUT2D eigenvalue weighted by Crippen LogP contribution is 2.39. The lowest BCUT2D eigenvalue weighted by molar-refractivity contribution is -0.162. The number of benzene rings is 1. The molecule has 0 bridgehead atoms. The van der Waals surface area contributed by atoms with Gasteiger partial charge < -0.3 is 14.2 Å². The molecular weight excluding hydrogens is 448 g/mol. The van der Waals surface area contributed by atoms with Gasteiger partial charge in [-0.2, -0.15) is 10.4 Å². The van der Waals surface area contributed by atoms with Crippen molar-refractivity contribution in [3.8, 4) is 11.8 Å². The van der Waals surface area contributed by atoms with E-state index in [1.807, 2.05) is 19.9 Å². The molecule has 1 unspecified atom stereocenters. The predicted molar refractivity (Wildman–Crippen MR) is 129 cm³/mol. The van der Waals surface area contributed by atoms with E-state index in [4.69, 9.17) is 19.5 Å². The van der Waals surface area contributed by atoms with Gasteiger partial charge in [-0.1, -0.05) is 13.3 Å². The number of hydrogen-bond acceptors (Lipinski definition) is 9. The number of nitriles is 1. The van der Waals surface area contributed by atoms with E-state index in [2.05, 4.69) is 15.2 Å². The van der Waals surface area contributed by atoms with E-state index in [0.717, 1.165) is 6.42 Å². The number of ether oxygens (including phenoxy) is 3. The number of carbonyl (C=O) groups excluding carboxylic acids is 2. The molecule has 35 heavy (non-hydrogen) atoms. The van der Waals surface area contributed by atoms with E-state index in [9.17, 15) is 9.59 Å². The van der Waals surface area contributed by atoms with Gasteiger partial charge in [-0.15, -0.1) is 5.11 Å². The molecule has 0 spiro atoms. The molecule has 9 heteroatoms. The first-order chi connectivity index (χ1) is 16.6. The molecule has 9 nitrogen and oxygen atoms in total. The Labute approximate surface area is 206 Å². The van der Waals surface area contributed by atoms with E-state index in [0.29, 0.717) is 35.7 Å². The van der Waals surface area contributed by atoms with Gasteiger partial charge in [-0.25, -0.2) is 4.98 Å². The first-order valence-corrected chi connectivity index (χ1v) is 11.4. The molecule has 0 aliphatic rings. The Balaban J connectivity index is 1.82. The van der Waals surface area contributed by atoms with E-state index in [1.165, 1.54) is 13.3 Å².